The first-order chi connectivity index (χ1) is 9.70. The summed E-state index contributed by atoms with van der Waals surface area (Å²) in [7, 11) is -6.12. The monoisotopic (exact) mass is 331 g/mol. The summed E-state index contributed by atoms with van der Waals surface area (Å²) in [6, 6.07) is 6.66. The molecule has 2 atom stereocenters. The molecule has 1 aliphatic heterocycles. The molecule has 5 nitrogen and oxygen atoms in total. The summed E-state index contributed by atoms with van der Waals surface area (Å²) >= 11 is 0. The van der Waals surface area contributed by atoms with Gasteiger partial charge in [-0.3, -0.25) is 0 Å². The summed E-state index contributed by atoms with van der Waals surface area (Å²) in [4.78, 5) is 0.289. The van der Waals surface area contributed by atoms with Crippen molar-refractivity contribution in [2.45, 2.75) is 36.0 Å². The minimum Gasteiger partial charge on any atom is -0.309 e. The smallest absolute Gasteiger partial charge is 0.175 e. The summed E-state index contributed by atoms with van der Waals surface area (Å²) in [5.41, 5.74) is 0.942. The zero-order chi connectivity index (χ0) is 15.7. The minimum absolute atomic E-state index is 0.0191. The zero-order valence-corrected chi connectivity index (χ0v) is 13.9. The van der Waals surface area contributed by atoms with Crippen LogP contribution in [0.1, 0.15) is 31.4 Å². The van der Waals surface area contributed by atoms with Crippen LogP contribution in [0.4, 0.5) is 0 Å². The lowest BCUT2D eigenvalue weighted by molar-refractivity contribution is 0.538. The first-order valence-electron chi connectivity index (χ1n) is 6.95. The van der Waals surface area contributed by atoms with Crippen LogP contribution in [0.15, 0.2) is 29.2 Å². The van der Waals surface area contributed by atoms with Gasteiger partial charge in [0, 0.05) is 18.8 Å². The van der Waals surface area contributed by atoms with Crippen LogP contribution in [0.25, 0.3) is 0 Å². The Morgan fingerprint density at radius 2 is 1.90 bits per heavy atom. The molecule has 0 aromatic heterocycles. The van der Waals surface area contributed by atoms with Gasteiger partial charge in [0.1, 0.15) is 0 Å². The summed E-state index contributed by atoms with van der Waals surface area (Å²) < 4.78 is 46.3. The molecule has 1 N–H and O–H groups in total. The fourth-order valence-electron chi connectivity index (χ4n) is 2.52. The van der Waals surface area contributed by atoms with Gasteiger partial charge in [0.15, 0.2) is 19.7 Å². The van der Waals surface area contributed by atoms with Crippen molar-refractivity contribution in [3.05, 3.63) is 29.8 Å². The van der Waals surface area contributed by atoms with Gasteiger partial charge in [-0.1, -0.05) is 12.1 Å². The van der Waals surface area contributed by atoms with Crippen LogP contribution < -0.4 is 5.32 Å². The molecule has 7 heteroatoms. The molecule has 0 amide bonds. The Labute approximate surface area is 126 Å². The van der Waals surface area contributed by atoms with Crippen LogP contribution in [0.5, 0.6) is 0 Å². The molecule has 1 saturated heterocycles. The van der Waals surface area contributed by atoms with E-state index in [9.17, 15) is 16.8 Å². The van der Waals surface area contributed by atoms with Crippen molar-refractivity contribution in [2.24, 2.45) is 0 Å². The molecule has 21 heavy (non-hydrogen) atoms. The predicted octanol–water partition coefficient (Wildman–Crippen LogP) is 1.32. The van der Waals surface area contributed by atoms with E-state index in [2.05, 4.69) is 5.32 Å². The van der Waals surface area contributed by atoms with Crippen molar-refractivity contribution < 1.29 is 16.8 Å². The molecule has 2 unspecified atom stereocenters. The molecule has 0 saturated carbocycles. The van der Waals surface area contributed by atoms with Gasteiger partial charge in [0.05, 0.1) is 15.9 Å². The van der Waals surface area contributed by atoms with Crippen molar-refractivity contribution in [3.8, 4) is 0 Å². The van der Waals surface area contributed by atoms with E-state index in [4.69, 9.17) is 0 Å². The van der Waals surface area contributed by atoms with E-state index in [1.54, 1.807) is 24.3 Å². The lowest BCUT2D eigenvalue weighted by Gasteiger charge is -2.17. The van der Waals surface area contributed by atoms with Crippen LogP contribution in [0.2, 0.25) is 0 Å². The van der Waals surface area contributed by atoms with Crippen LogP contribution in [0.3, 0.4) is 0 Å². The number of benzene rings is 1. The average Bonchev–Trinajstić information content (AvgIpc) is 2.74. The fraction of sp³-hybridized carbons (Fsp3) is 0.571. The lowest BCUT2D eigenvalue weighted by Crippen LogP contribution is -2.32. The molecule has 1 aromatic rings. The van der Waals surface area contributed by atoms with Crippen molar-refractivity contribution in [3.63, 3.8) is 0 Å². The summed E-state index contributed by atoms with van der Waals surface area (Å²) in [5, 5.41) is 2.93. The maximum Gasteiger partial charge on any atom is 0.175 e. The van der Waals surface area contributed by atoms with Crippen molar-refractivity contribution >= 4 is 19.7 Å². The number of rotatable bonds is 5. The SMILES string of the molecule is CC(NCC1CCCS1(=O)=O)c1ccc(S(C)(=O)=O)cc1. The largest absolute Gasteiger partial charge is 0.309 e. The third-order valence-electron chi connectivity index (χ3n) is 3.92. The Bertz CT molecular complexity index is 693. The standard InChI is InChI=1S/C14H21NO4S2/c1-11(15-10-14-4-3-9-21(14,18)19)12-5-7-13(8-6-12)20(2,16)17/h5-8,11,14-15H,3-4,9-10H2,1-2H3. The normalized spacial score (nSPS) is 23.0. The molecule has 118 valence electrons. The minimum atomic E-state index is -3.19. The van der Waals surface area contributed by atoms with Crippen LogP contribution >= 0.6 is 0 Å². The molecule has 0 radical (unpaired) electrons. The number of hydrogen-bond acceptors (Lipinski definition) is 5. The Balaban J connectivity index is 1.99. The predicted molar refractivity (Wildman–Crippen MR) is 82.8 cm³/mol. The quantitative estimate of drug-likeness (QED) is 0.880. The highest BCUT2D eigenvalue weighted by atomic mass is 32.2. The van der Waals surface area contributed by atoms with E-state index in [1.165, 1.54) is 6.26 Å². The number of hydrogen-bond donors (Lipinski definition) is 1. The van der Waals surface area contributed by atoms with Crippen LogP contribution in [-0.4, -0.2) is 40.6 Å². The highest BCUT2D eigenvalue weighted by Crippen LogP contribution is 2.21. The molecule has 2 rings (SSSR count). The molecule has 1 aliphatic rings. The van der Waals surface area contributed by atoms with Crippen molar-refractivity contribution in [2.75, 3.05) is 18.6 Å². The maximum atomic E-state index is 11.8. The van der Waals surface area contributed by atoms with Crippen LogP contribution in [0, 0.1) is 0 Å². The lowest BCUT2D eigenvalue weighted by atomic mass is 10.1. The van der Waals surface area contributed by atoms with Gasteiger partial charge in [-0.2, -0.15) is 0 Å². The number of sulfone groups is 2. The third kappa shape index (κ3) is 4.05. The highest BCUT2D eigenvalue weighted by Gasteiger charge is 2.31. The fourth-order valence-corrected chi connectivity index (χ4v) is 4.93. The molecule has 0 spiro atoms. The van der Waals surface area contributed by atoms with Gasteiger partial charge < -0.3 is 5.32 Å². The van der Waals surface area contributed by atoms with Gasteiger partial charge in [-0.15, -0.1) is 0 Å². The first-order valence-corrected chi connectivity index (χ1v) is 10.6. The molecule has 1 fully saturated rings. The second-order valence-electron chi connectivity index (χ2n) is 5.60. The van der Waals surface area contributed by atoms with Crippen molar-refractivity contribution in [1.29, 1.82) is 0 Å². The summed E-state index contributed by atoms with van der Waals surface area (Å²) in [6.45, 7) is 2.38. The van der Waals surface area contributed by atoms with Gasteiger partial charge in [-0.25, -0.2) is 16.8 Å². The average molecular weight is 331 g/mol. The first kappa shape index (κ1) is 16.5. The second-order valence-corrected chi connectivity index (χ2v) is 10.0. The van der Waals surface area contributed by atoms with Crippen LogP contribution in [-0.2, 0) is 19.7 Å². The van der Waals surface area contributed by atoms with Gasteiger partial charge in [-0.05, 0) is 37.5 Å². The Kier molecular flexibility index (Phi) is 4.75. The van der Waals surface area contributed by atoms with E-state index in [-0.39, 0.29) is 21.9 Å². The van der Waals surface area contributed by atoms with E-state index in [0.29, 0.717) is 6.54 Å². The highest BCUT2D eigenvalue weighted by molar-refractivity contribution is 7.92. The molecular weight excluding hydrogens is 310 g/mol. The van der Waals surface area contributed by atoms with E-state index < -0.39 is 19.7 Å². The Morgan fingerprint density at radius 3 is 2.38 bits per heavy atom. The van der Waals surface area contributed by atoms with Gasteiger partial charge in [0.25, 0.3) is 0 Å². The number of nitrogens with one attached hydrogen (secondary N) is 1. The van der Waals surface area contributed by atoms with Crippen molar-refractivity contribution in [1.82, 2.24) is 5.32 Å². The Morgan fingerprint density at radius 1 is 1.29 bits per heavy atom. The van der Waals surface area contributed by atoms with Gasteiger partial charge >= 0.3 is 0 Å². The molecule has 0 aliphatic carbocycles. The molecule has 1 heterocycles. The van der Waals surface area contributed by atoms with E-state index in [1.807, 2.05) is 6.92 Å². The second kappa shape index (κ2) is 6.06. The van der Waals surface area contributed by atoms with E-state index in [0.717, 1.165) is 18.4 Å². The zero-order valence-electron chi connectivity index (χ0n) is 12.2. The Hall–Kier alpha value is -0.920. The van der Waals surface area contributed by atoms with Gasteiger partial charge in [0.2, 0.25) is 0 Å². The molecule has 1 aromatic carbocycles. The summed E-state index contributed by atoms with van der Waals surface area (Å²) in [5.74, 6) is 0.288. The molecule has 0 bridgehead atoms. The summed E-state index contributed by atoms with van der Waals surface area (Å²) in [6.07, 6.45) is 2.63. The maximum absolute atomic E-state index is 11.8. The topological polar surface area (TPSA) is 80.3 Å². The third-order valence-corrected chi connectivity index (χ3v) is 7.33. The molecular formula is C14H21NO4S2. The van der Waals surface area contributed by atoms with E-state index >= 15 is 0 Å².